The maximum Gasteiger partial charge on any atom is 0.0943 e. The minimum absolute atomic E-state index is 0.0182. The molecule has 0 aromatic heterocycles. The van der Waals surface area contributed by atoms with Gasteiger partial charge in [0.2, 0.25) is 0 Å². The van der Waals surface area contributed by atoms with Gasteiger partial charge in [-0.2, -0.15) is 0 Å². The van der Waals surface area contributed by atoms with Crippen molar-refractivity contribution in [1.29, 1.82) is 0 Å². The number of benzene rings is 1. The predicted molar refractivity (Wildman–Crippen MR) is 74.3 cm³/mol. The SMILES string of the molecule is CCSc1ccc(C(O)C(CCN)NC)cc1. The van der Waals surface area contributed by atoms with E-state index in [0.29, 0.717) is 6.54 Å². The van der Waals surface area contributed by atoms with E-state index in [2.05, 4.69) is 24.4 Å². The minimum atomic E-state index is -0.496. The number of thioether (sulfide) groups is 1. The third-order valence-electron chi connectivity index (χ3n) is 2.76. The lowest BCUT2D eigenvalue weighted by atomic mass is 10.00. The Morgan fingerprint density at radius 2 is 2.00 bits per heavy atom. The first kappa shape index (κ1) is 14.5. The van der Waals surface area contributed by atoms with Crippen LogP contribution in [0.15, 0.2) is 29.2 Å². The summed E-state index contributed by atoms with van der Waals surface area (Å²) in [5.74, 6) is 1.06. The highest BCUT2D eigenvalue weighted by molar-refractivity contribution is 7.99. The summed E-state index contributed by atoms with van der Waals surface area (Å²) in [6, 6.07) is 8.11. The van der Waals surface area contributed by atoms with Gasteiger partial charge in [0.1, 0.15) is 0 Å². The fourth-order valence-corrected chi connectivity index (χ4v) is 2.46. The third kappa shape index (κ3) is 4.32. The van der Waals surface area contributed by atoms with E-state index in [1.54, 1.807) is 11.8 Å². The Balaban J connectivity index is 2.70. The summed E-state index contributed by atoms with van der Waals surface area (Å²) in [6.45, 7) is 2.71. The molecule has 0 spiro atoms. The number of rotatable bonds is 7. The smallest absolute Gasteiger partial charge is 0.0943 e. The molecule has 3 nitrogen and oxygen atoms in total. The maximum atomic E-state index is 10.2. The quantitative estimate of drug-likeness (QED) is 0.649. The van der Waals surface area contributed by atoms with Crippen molar-refractivity contribution in [2.75, 3.05) is 19.3 Å². The second-order valence-electron chi connectivity index (χ2n) is 3.92. The fourth-order valence-electron chi connectivity index (χ4n) is 1.80. The molecule has 1 aromatic rings. The number of nitrogens with two attached hydrogens (primary N) is 1. The minimum Gasteiger partial charge on any atom is -0.387 e. The molecule has 0 radical (unpaired) electrons. The second kappa shape index (κ2) is 7.71. The van der Waals surface area contributed by atoms with Crippen molar-refractivity contribution in [1.82, 2.24) is 5.32 Å². The number of nitrogens with one attached hydrogen (secondary N) is 1. The fraction of sp³-hybridized carbons (Fsp3) is 0.538. The van der Waals surface area contributed by atoms with Crippen molar-refractivity contribution < 1.29 is 5.11 Å². The van der Waals surface area contributed by atoms with Crippen LogP contribution in [0.5, 0.6) is 0 Å². The zero-order chi connectivity index (χ0) is 12.7. The molecule has 0 bridgehead atoms. The van der Waals surface area contributed by atoms with Gasteiger partial charge in [-0.05, 0) is 43.5 Å². The van der Waals surface area contributed by atoms with Crippen molar-refractivity contribution in [3.05, 3.63) is 29.8 Å². The molecular formula is C13H22N2OS. The van der Waals surface area contributed by atoms with Gasteiger partial charge >= 0.3 is 0 Å². The van der Waals surface area contributed by atoms with E-state index in [1.165, 1.54) is 4.90 Å². The Morgan fingerprint density at radius 3 is 2.47 bits per heavy atom. The van der Waals surface area contributed by atoms with Crippen molar-refractivity contribution in [2.24, 2.45) is 5.73 Å². The molecule has 96 valence electrons. The lowest BCUT2D eigenvalue weighted by Crippen LogP contribution is -2.34. The van der Waals surface area contributed by atoms with Crippen LogP contribution in [-0.2, 0) is 0 Å². The Hall–Kier alpha value is -0.550. The highest BCUT2D eigenvalue weighted by Crippen LogP contribution is 2.23. The molecule has 1 rings (SSSR count). The zero-order valence-corrected chi connectivity index (χ0v) is 11.3. The first-order chi connectivity index (χ1) is 8.22. The van der Waals surface area contributed by atoms with Gasteiger partial charge in [0.15, 0.2) is 0 Å². The molecule has 0 fully saturated rings. The van der Waals surface area contributed by atoms with E-state index in [9.17, 15) is 5.11 Å². The van der Waals surface area contributed by atoms with Crippen LogP contribution in [0.2, 0.25) is 0 Å². The van der Waals surface area contributed by atoms with Crippen LogP contribution in [0.25, 0.3) is 0 Å². The topological polar surface area (TPSA) is 58.3 Å². The summed E-state index contributed by atoms with van der Waals surface area (Å²) in [5.41, 5.74) is 6.47. The molecule has 0 aliphatic heterocycles. The van der Waals surface area contributed by atoms with Crippen molar-refractivity contribution in [2.45, 2.75) is 30.4 Å². The molecule has 0 aliphatic carbocycles. The van der Waals surface area contributed by atoms with Crippen LogP contribution < -0.4 is 11.1 Å². The van der Waals surface area contributed by atoms with Crippen LogP contribution in [0.3, 0.4) is 0 Å². The average molecular weight is 254 g/mol. The van der Waals surface area contributed by atoms with E-state index in [1.807, 2.05) is 19.2 Å². The molecule has 0 aliphatic rings. The lowest BCUT2D eigenvalue weighted by Gasteiger charge is -2.22. The summed E-state index contributed by atoms with van der Waals surface area (Å²) in [7, 11) is 1.85. The number of aliphatic hydroxyl groups is 1. The van der Waals surface area contributed by atoms with Gasteiger partial charge in [0.25, 0.3) is 0 Å². The predicted octanol–water partition coefficient (Wildman–Crippen LogP) is 1.77. The van der Waals surface area contributed by atoms with E-state index < -0.39 is 6.10 Å². The summed E-state index contributed by atoms with van der Waals surface area (Å²) < 4.78 is 0. The molecule has 4 heteroatoms. The molecular weight excluding hydrogens is 232 g/mol. The van der Waals surface area contributed by atoms with Gasteiger partial charge in [0, 0.05) is 10.9 Å². The van der Waals surface area contributed by atoms with E-state index in [4.69, 9.17) is 5.73 Å². The molecule has 2 unspecified atom stereocenters. The molecule has 4 N–H and O–H groups in total. The molecule has 17 heavy (non-hydrogen) atoms. The first-order valence-electron chi connectivity index (χ1n) is 6.01. The van der Waals surface area contributed by atoms with Gasteiger partial charge in [0.05, 0.1) is 6.10 Å². The van der Waals surface area contributed by atoms with Crippen molar-refractivity contribution in [3.8, 4) is 0 Å². The lowest BCUT2D eigenvalue weighted by molar-refractivity contribution is 0.129. The molecule has 0 heterocycles. The average Bonchev–Trinajstić information content (AvgIpc) is 2.36. The molecule has 1 aromatic carbocycles. The molecule has 0 saturated carbocycles. The largest absolute Gasteiger partial charge is 0.387 e. The monoisotopic (exact) mass is 254 g/mol. The van der Waals surface area contributed by atoms with E-state index >= 15 is 0 Å². The van der Waals surface area contributed by atoms with Crippen LogP contribution in [-0.4, -0.2) is 30.5 Å². The highest BCUT2D eigenvalue weighted by Gasteiger charge is 2.18. The van der Waals surface area contributed by atoms with Crippen LogP contribution >= 0.6 is 11.8 Å². The van der Waals surface area contributed by atoms with Crippen molar-refractivity contribution >= 4 is 11.8 Å². The summed E-state index contributed by atoms with van der Waals surface area (Å²) in [6.07, 6.45) is 0.271. The van der Waals surface area contributed by atoms with Gasteiger partial charge in [-0.3, -0.25) is 0 Å². The number of likely N-dealkylation sites (N-methyl/N-ethyl adjacent to an activating group) is 1. The third-order valence-corrected chi connectivity index (χ3v) is 3.66. The van der Waals surface area contributed by atoms with Gasteiger partial charge in [-0.25, -0.2) is 0 Å². The molecule has 0 amide bonds. The van der Waals surface area contributed by atoms with Gasteiger partial charge in [-0.15, -0.1) is 11.8 Å². The Bertz CT molecular complexity index is 316. The summed E-state index contributed by atoms with van der Waals surface area (Å²) in [4.78, 5) is 1.24. The second-order valence-corrected chi connectivity index (χ2v) is 5.26. The molecule has 2 atom stereocenters. The highest BCUT2D eigenvalue weighted by atomic mass is 32.2. The standard InChI is InChI=1S/C13H22N2OS/c1-3-17-11-6-4-10(5-7-11)13(16)12(15-2)8-9-14/h4-7,12-13,15-16H,3,8-9,14H2,1-2H3. The van der Waals surface area contributed by atoms with E-state index in [-0.39, 0.29) is 6.04 Å². The Morgan fingerprint density at radius 1 is 1.35 bits per heavy atom. The van der Waals surface area contributed by atoms with Crippen LogP contribution in [0.1, 0.15) is 25.0 Å². The van der Waals surface area contributed by atoms with Gasteiger partial charge in [-0.1, -0.05) is 19.1 Å². The Labute approximate surface area is 108 Å². The van der Waals surface area contributed by atoms with Crippen LogP contribution in [0, 0.1) is 0 Å². The number of hydrogen-bond acceptors (Lipinski definition) is 4. The van der Waals surface area contributed by atoms with Crippen molar-refractivity contribution in [3.63, 3.8) is 0 Å². The summed E-state index contributed by atoms with van der Waals surface area (Å²) in [5, 5.41) is 13.3. The number of aliphatic hydroxyl groups excluding tert-OH is 1. The molecule has 0 saturated heterocycles. The van der Waals surface area contributed by atoms with Gasteiger partial charge < -0.3 is 16.2 Å². The summed E-state index contributed by atoms with van der Waals surface area (Å²) >= 11 is 1.80. The Kier molecular flexibility index (Phi) is 6.58. The maximum absolute atomic E-state index is 10.2. The normalized spacial score (nSPS) is 14.6. The number of hydrogen-bond donors (Lipinski definition) is 3. The van der Waals surface area contributed by atoms with Crippen LogP contribution in [0.4, 0.5) is 0 Å². The van der Waals surface area contributed by atoms with E-state index in [0.717, 1.165) is 17.7 Å². The first-order valence-corrected chi connectivity index (χ1v) is 6.99. The zero-order valence-electron chi connectivity index (χ0n) is 10.5.